The van der Waals surface area contributed by atoms with E-state index in [9.17, 15) is 0 Å². The van der Waals surface area contributed by atoms with Crippen molar-refractivity contribution in [1.29, 1.82) is 0 Å². The number of fused-ring (bicyclic) bond motifs is 7. The van der Waals surface area contributed by atoms with E-state index >= 15 is 0 Å². The Labute approximate surface area is 247 Å². The zero-order valence-electron chi connectivity index (χ0n) is 23.9. The van der Waals surface area contributed by atoms with Crippen LogP contribution in [0.2, 0.25) is 0 Å². The maximum absolute atomic E-state index is 5.09. The lowest BCUT2D eigenvalue weighted by molar-refractivity contribution is 0.421. The molecule has 8 rings (SSSR count). The van der Waals surface area contributed by atoms with E-state index in [1.807, 2.05) is 18.5 Å². The van der Waals surface area contributed by atoms with Crippen LogP contribution in [0, 0.1) is 0 Å². The van der Waals surface area contributed by atoms with E-state index in [2.05, 4.69) is 141 Å². The molecule has 0 amide bonds. The fraction of sp³-hybridized carbons (Fsp3) is 0.150. The molecule has 0 fully saturated rings. The van der Waals surface area contributed by atoms with Crippen LogP contribution >= 0.6 is 0 Å². The summed E-state index contributed by atoms with van der Waals surface area (Å²) in [6, 6.07) is 49.0. The Kier molecular flexibility index (Phi) is 5.55. The molecule has 0 N–H and O–H groups in total. The third kappa shape index (κ3) is 3.39. The van der Waals surface area contributed by atoms with Crippen LogP contribution in [0.3, 0.4) is 0 Å². The number of hydrogen-bond acceptors (Lipinski definition) is 2. The van der Waals surface area contributed by atoms with E-state index in [1.54, 1.807) is 0 Å². The van der Waals surface area contributed by atoms with Crippen molar-refractivity contribution in [2.24, 2.45) is 0 Å². The van der Waals surface area contributed by atoms with Crippen molar-refractivity contribution in [2.45, 2.75) is 36.5 Å². The van der Waals surface area contributed by atoms with E-state index in [0.717, 1.165) is 11.3 Å². The molecule has 2 heteroatoms. The van der Waals surface area contributed by atoms with Gasteiger partial charge in [-0.15, -0.1) is 0 Å². The minimum absolute atomic E-state index is 0.0972. The molecule has 0 spiro atoms. The molecule has 2 nitrogen and oxygen atoms in total. The van der Waals surface area contributed by atoms with Crippen LogP contribution in [0.15, 0.2) is 146 Å². The summed E-state index contributed by atoms with van der Waals surface area (Å²) in [5.74, 6) is 0.391. The van der Waals surface area contributed by atoms with Gasteiger partial charge >= 0.3 is 0 Å². The molecule has 0 saturated carbocycles. The monoisotopic (exact) mass is 540 g/mol. The predicted octanol–water partition coefficient (Wildman–Crippen LogP) is 9.05. The van der Waals surface area contributed by atoms with E-state index < -0.39 is 5.41 Å². The van der Waals surface area contributed by atoms with Crippen molar-refractivity contribution >= 4 is 0 Å². The first-order valence-corrected chi connectivity index (χ1v) is 14.8. The van der Waals surface area contributed by atoms with Gasteiger partial charge in [0.2, 0.25) is 0 Å². The van der Waals surface area contributed by atoms with Gasteiger partial charge in [-0.2, -0.15) is 0 Å². The van der Waals surface area contributed by atoms with Crippen LogP contribution in [0.1, 0.15) is 70.3 Å². The Morgan fingerprint density at radius 2 is 1.17 bits per heavy atom. The van der Waals surface area contributed by atoms with E-state index in [1.165, 1.54) is 44.6 Å². The van der Waals surface area contributed by atoms with Crippen LogP contribution in [-0.4, -0.2) is 9.97 Å². The Morgan fingerprint density at radius 1 is 0.524 bits per heavy atom. The van der Waals surface area contributed by atoms with Gasteiger partial charge in [-0.25, -0.2) is 0 Å². The Morgan fingerprint density at radius 3 is 1.95 bits per heavy atom. The lowest BCUT2D eigenvalue weighted by atomic mass is 9.62. The van der Waals surface area contributed by atoms with Gasteiger partial charge in [-0.3, -0.25) is 9.97 Å². The highest BCUT2D eigenvalue weighted by Crippen LogP contribution is 2.63. The SMILES string of the molecule is CC1(C)c2cccnc2C2c3ccccc3C(c3ccccc3)(c3cccc(-c4ccccn4)c3)c3ccccc3C21. The molecular formula is C40H32N2. The summed E-state index contributed by atoms with van der Waals surface area (Å²) in [5.41, 5.74) is 12.0. The van der Waals surface area contributed by atoms with Gasteiger partial charge in [0, 0.05) is 29.8 Å². The lowest BCUT2D eigenvalue weighted by Gasteiger charge is -2.39. The topological polar surface area (TPSA) is 25.8 Å². The maximum atomic E-state index is 5.09. The molecule has 2 aromatic heterocycles. The fourth-order valence-corrected chi connectivity index (χ4v) is 8.13. The molecular weight excluding hydrogens is 508 g/mol. The zero-order chi connectivity index (χ0) is 28.3. The third-order valence-electron chi connectivity index (χ3n) is 9.80. The van der Waals surface area contributed by atoms with Crippen LogP contribution in [0.4, 0.5) is 0 Å². The van der Waals surface area contributed by atoms with Gasteiger partial charge in [0.15, 0.2) is 0 Å². The van der Waals surface area contributed by atoms with Gasteiger partial charge in [0.1, 0.15) is 0 Å². The van der Waals surface area contributed by atoms with Gasteiger partial charge < -0.3 is 0 Å². The Balaban J connectivity index is 1.54. The summed E-state index contributed by atoms with van der Waals surface area (Å²) in [7, 11) is 0. The van der Waals surface area contributed by atoms with E-state index in [0.29, 0.717) is 0 Å². The van der Waals surface area contributed by atoms with Crippen molar-refractivity contribution in [2.75, 3.05) is 0 Å². The summed E-state index contributed by atoms with van der Waals surface area (Å²) in [4.78, 5) is 9.81. The normalized spacial score (nSPS) is 21.4. The van der Waals surface area contributed by atoms with Crippen molar-refractivity contribution < 1.29 is 0 Å². The maximum Gasteiger partial charge on any atom is 0.0707 e. The summed E-state index contributed by atoms with van der Waals surface area (Å²) >= 11 is 0. The third-order valence-corrected chi connectivity index (χ3v) is 9.80. The van der Waals surface area contributed by atoms with Crippen molar-refractivity contribution in [3.63, 3.8) is 0 Å². The van der Waals surface area contributed by atoms with E-state index in [4.69, 9.17) is 9.97 Å². The molecule has 0 bridgehead atoms. The molecule has 3 unspecified atom stereocenters. The first-order chi connectivity index (χ1) is 20.6. The highest BCUT2D eigenvalue weighted by molar-refractivity contribution is 5.71. The number of pyridine rings is 2. The van der Waals surface area contributed by atoms with Gasteiger partial charge in [0.05, 0.1) is 16.8 Å². The first-order valence-electron chi connectivity index (χ1n) is 14.8. The molecule has 4 aromatic carbocycles. The molecule has 202 valence electrons. The van der Waals surface area contributed by atoms with Crippen LogP contribution < -0.4 is 0 Å². The number of hydrogen-bond donors (Lipinski definition) is 0. The lowest BCUT2D eigenvalue weighted by Crippen LogP contribution is -2.33. The van der Waals surface area contributed by atoms with Gasteiger partial charge in [0.25, 0.3) is 0 Å². The highest BCUT2D eigenvalue weighted by atomic mass is 14.7. The Bertz CT molecular complexity index is 1930. The van der Waals surface area contributed by atoms with Crippen LogP contribution in [-0.2, 0) is 10.8 Å². The smallest absolute Gasteiger partial charge is 0.0707 e. The average molecular weight is 541 g/mol. The zero-order valence-corrected chi connectivity index (χ0v) is 23.9. The molecule has 2 aliphatic rings. The summed E-state index contributed by atoms with van der Waals surface area (Å²) in [6.45, 7) is 4.82. The molecule has 0 saturated heterocycles. The van der Waals surface area contributed by atoms with Crippen molar-refractivity contribution in [3.8, 4) is 11.3 Å². The quantitative estimate of drug-likeness (QED) is 0.224. The van der Waals surface area contributed by atoms with Crippen molar-refractivity contribution in [3.05, 3.63) is 190 Å². The number of rotatable bonds is 3. The highest BCUT2D eigenvalue weighted by Gasteiger charge is 2.55. The molecule has 2 heterocycles. The second-order valence-electron chi connectivity index (χ2n) is 12.2. The number of benzene rings is 4. The van der Waals surface area contributed by atoms with Crippen LogP contribution in [0.5, 0.6) is 0 Å². The summed E-state index contributed by atoms with van der Waals surface area (Å²) in [6.07, 6.45) is 3.84. The number of aromatic nitrogens is 2. The minimum Gasteiger partial charge on any atom is -0.260 e. The number of nitrogens with zero attached hydrogens (tertiary/aromatic N) is 2. The van der Waals surface area contributed by atoms with Crippen LogP contribution in [0.25, 0.3) is 11.3 Å². The summed E-state index contributed by atoms with van der Waals surface area (Å²) in [5, 5.41) is 0. The minimum atomic E-state index is -0.533. The average Bonchev–Trinajstić information content (AvgIpc) is 3.21. The molecule has 6 aromatic rings. The van der Waals surface area contributed by atoms with Crippen molar-refractivity contribution in [1.82, 2.24) is 9.97 Å². The largest absolute Gasteiger partial charge is 0.260 e. The molecule has 0 aliphatic heterocycles. The molecule has 0 radical (unpaired) electrons. The molecule has 42 heavy (non-hydrogen) atoms. The summed E-state index contributed by atoms with van der Waals surface area (Å²) < 4.78 is 0. The second-order valence-corrected chi connectivity index (χ2v) is 12.2. The first kappa shape index (κ1) is 24.9. The predicted molar refractivity (Wildman–Crippen MR) is 170 cm³/mol. The Hall–Kier alpha value is -4.82. The second kappa shape index (κ2) is 9.36. The standard InChI is InChI=1S/C40H32N2/c1-39(2)34-22-13-25-42-38(34)36-30-18-6-8-20-32(30)40(28-15-4-3-5-16-28,33-21-9-7-19-31(33)37(36)39)29-17-12-14-27(26-29)35-23-10-11-24-41-35/h3-26,36-37H,1-2H3. The van der Waals surface area contributed by atoms with Gasteiger partial charge in [-0.1, -0.05) is 123 Å². The van der Waals surface area contributed by atoms with E-state index in [-0.39, 0.29) is 17.3 Å². The molecule has 2 aliphatic carbocycles. The fourth-order valence-electron chi connectivity index (χ4n) is 8.13. The molecule has 3 atom stereocenters. The van der Waals surface area contributed by atoms with Gasteiger partial charge in [-0.05, 0) is 68.6 Å².